The van der Waals surface area contributed by atoms with Gasteiger partial charge >= 0.3 is 0 Å². The number of furan rings is 1. The number of hydrogen-bond acceptors (Lipinski definition) is 2. The first kappa shape index (κ1) is 38.7. The molecule has 0 bridgehead atoms. The Balaban J connectivity index is 1.03. The lowest BCUT2D eigenvalue weighted by atomic mass is 9.67. The van der Waals surface area contributed by atoms with E-state index in [1.807, 2.05) is 12.1 Å². The number of rotatable bonds is 8. The minimum atomic E-state index is -0.589. The van der Waals surface area contributed by atoms with Crippen molar-refractivity contribution >= 4 is 49.8 Å². The van der Waals surface area contributed by atoms with Crippen LogP contribution in [0.3, 0.4) is 0 Å². The van der Waals surface area contributed by atoms with Gasteiger partial charge in [0.05, 0.1) is 5.41 Å². The molecule has 0 spiro atoms. The van der Waals surface area contributed by atoms with Crippen LogP contribution in [-0.4, -0.2) is 0 Å². The summed E-state index contributed by atoms with van der Waals surface area (Å²) in [6, 6.07) is 95.2. The maximum absolute atomic E-state index is 6.32. The molecule has 0 atom stereocenters. The normalized spacial score (nSPS) is 12.6. The maximum atomic E-state index is 6.32. The molecule has 2 nitrogen and oxygen atoms in total. The van der Waals surface area contributed by atoms with Gasteiger partial charge in [0.1, 0.15) is 11.2 Å². The Labute approximate surface area is 390 Å². The summed E-state index contributed by atoms with van der Waals surface area (Å²) in [6.45, 7) is 0. The first-order valence-corrected chi connectivity index (χ1v) is 23.1. The summed E-state index contributed by atoms with van der Waals surface area (Å²) in [7, 11) is 0. The molecule has 314 valence electrons. The number of fused-ring (bicyclic) bond motifs is 7. The molecule has 0 aliphatic heterocycles. The third-order valence-electron chi connectivity index (χ3n) is 14.0. The van der Waals surface area contributed by atoms with Crippen LogP contribution >= 0.6 is 0 Å². The molecule has 0 saturated carbocycles. The van der Waals surface area contributed by atoms with E-state index in [4.69, 9.17) is 4.42 Å². The Bertz CT molecular complexity index is 3730. The highest BCUT2D eigenvalue weighted by Crippen LogP contribution is 2.59. The van der Waals surface area contributed by atoms with Crippen LogP contribution in [0.5, 0.6) is 0 Å². The molecule has 13 rings (SSSR count). The standard InChI is InChI=1S/C65H43NO/c1-4-17-45(18-5-1)55-28-15-30-59-63(55)57-42-41-52(43-60(57)65(59,48-21-6-2-7-22-48)49-23-8-3-9-24-49)66(50-37-33-46(34-38-50)54-27-14-20-44-19-10-11-25-53(44)54)51-39-35-47(36-40-51)56-29-16-32-62-64(56)58-26-12-13-31-61(58)67-62/h1-43H. The summed E-state index contributed by atoms with van der Waals surface area (Å²) in [6.07, 6.45) is 0. The van der Waals surface area contributed by atoms with Crippen molar-refractivity contribution in [1.29, 1.82) is 0 Å². The van der Waals surface area contributed by atoms with Gasteiger partial charge in [0.2, 0.25) is 0 Å². The van der Waals surface area contributed by atoms with Crippen LogP contribution in [0, 0.1) is 0 Å². The second-order valence-corrected chi connectivity index (χ2v) is 17.5. The van der Waals surface area contributed by atoms with E-state index in [1.165, 1.54) is 66.4 Å². The van der Waals surface area contributed by atoms with Gasteiger partial charge in [0.25, 0.3) is 0 Å². The van der Waals surface area contributed by atoms with Crippen molar-refractivity contribution in [3.8, 4) is 44.5 Å². The summed E-state index contributed by atoms with van der Waals surface area (Å²) in [5.74, 6) is 0. The molecule has 0 saturated heterocycles. The highest BCUT2D eigenvalue weighted by molar-refractivity contribution is 6.12. The minimum Gasteiger partial charge on any atom is -0.456 e. The fourth-order valence-electron chi connectivity index (χ4n) is 11.0. The lowest BCUT2D eigenvalue weighted by Crippen LogP contribution is -2.28. The lowest BCUT2D eigenvalue weighted by Gasteiger charge is -2.35. The first-order chi connectivity index (χ1) is 33.2. The molecule has 0 radical (unpaired) electrons. The highest BCUT2D eigenvalue weighted by atomic mass is 16.3. The fourth-order valence-corrected chi connectivity index (χ4v) is 11.0. The molecule has 11 aromatic carbocycles. The SMILES string of the molecule is c1ccc(-c2cccc3c2-c2ccc(N(c4ccc(-c5cccc6ccccc56)cc4)c4ccc(-c5cccc6oc7ccccc7c56)cc4)cc2C3(c2ccccc2)c2ccccc2)cc1. The average molecular weight is 854 g/mol. The predicted molar refractivity (Wildman–Crippen MR) is 280 cm³/mol. The van der Waals surface area contributed by atoms with Crippen molar-refractivity contribution in [1.82, 2.24) is 0 Å². The van der Waals surface area contributed by atoms with Crippen molar-refractivity contribution in [2.24, 2.45) is 0 Å². The van der Waals surface area contributed by atoms with Crippen LogP contribution in [0.25, 0.3) is 77.2 Å². The lowest BCUT2D eigenvalue weighted by molar-refractivity contribution is 0.669. The molecular formula is C65H43NO. The molecule has 1 heterocycles. The summed E-state index contributed by atoms with van der Waals surface area (Å²) in [4.78, 5) is 2.42. The van der Waals surface area contributed by atoms with Crippen molar-refractivity contribution in [3.63, 3.8) is 0 Å². The molecule has 1 aromatic heterocycles. The molecule has 67 heavy (non-hydrogen) atoms. The molecule has 0 N–H and O–H groups in total. The van der Waals surface area contributed by atoms with Gasteiger partial charge in [-0.25, -0.2) is 0 Å². The molecule has 12 aromatic rings. The molecule has 0 unspecified atom stereocenters. The second-order valence-electron chi connectivity index (χ2n) is 17.5. The Kier molecular flexibility index (Phi) is 9.11. The third kappa shape index (κ3) is 6.18. The van der Waals surface area contributed by atoms with E-state index in [0.717, 1.165) is 50.1 Å². The number of hydrogen-bond donors (Lipinski definition) is 0. The van der Waals surface area contributed by atoms with Crippen molar-refractivity contribution in [2.75, 3.05) is 4.90 Å². The van der Waals surface area contributed by atoms with Gasteiger partial charge in [-0.15, -0.1) is 0 Å². The quantitative estimate of drug-likeness (QED) is 0.151. The van der Waals surface area contributed by atoms with Gasteiger partial charge in [-0.3, -0.25) is 0 Å². The Morgan fingerprint density at radius 1 is 0.313 bits per heavy atom. The van der Waals surface area contributed by atoms with Gasteiger partial charge in [0.15, 0.2) is 0 Å². The largest absolute Gasteiger partial charge is 0.456 e. The van der Waals surface area contributed by atoms with Crippen LogP contribution in [-0.2, 0) is 5.41 Å². The van der Waals surface area contributed by atoms with Gasteiger partial charge in [-0.05, 0) is 126 Å². The van der Waals surface area contributed by atoms with Gasteiger partial charge in [-0.2, -0.15) is 0 Å². The van der Waals surface area contributed by atoms with E-state index in [1.54, 1.807) is 0 Å². The number of anilines is 3. The maximum Gasteiger partial charge on any atom is 0.136 e. The van der Waals surface area contributed by atoms with Crippen molar-refractivity contribution < 1.29 is 4.42 Å². The molecule has 1 aliphatic rings. The summed E-state index contributed by atoms with van der Waals surface area (Å²) < 4.78 is 6.32. The van der Waals surface area contributed by atoms with Crippen molar-refractivity contribution in [2.45, 2.75) is 5.41 Å². The molecule has 0 fully saturated rings. The van der Waals surface area contributed by atoms with E-state index < -0.39 is 5.41 Å². The average Bonchev–Trinajstić information content (AvgIpc) is 3.94. The topological polar surface area (TPSA) is 16.4 Å². The van der Waals surface area contributed by atoms with Crippen molar-refractivity contribution in [3.05, 3.63) is 283 Å². The molecule has 2 heteroatoms. The smallest absolute Gasteiger partial charge is 0.136 e. The predicted octanol–water partition coefficient (Wildman–Crippen LogP) is 17.6. The van der Waals surface area contributed by atoms with E-state index in [9.17, 15) is 0 Å². The van der Waals surface area contributed by atoms with E-state index in [0.29, 0.717) is 0 Å². The minimum absolute atomic E-state index is 0.589. The highest BCUT2D eigenvalue weighted by Gasteiger charge is 2.47. The summed E-state index contributed by atoms with van der Waals surface area (Å²) in [5, 5.41) is 4.74. The molecule has 0 amide bonds. The van der Waals surface area contributed by atoms with Gasteiger partial charge < -0.3 is 9.32 Å². The number of nitrogens with zero attached hydrogens (tertiary/aromatic N) is 1. The Hall–Kier alpha value is -8.72. The number of para-hydroxylation sites is 1. The van der Waals surface area contributed by atoms with Crippen LogP contribution in [0.4, 0.5) is 17.1 Å². The van der Waals surface area contributed by atoms with E-state index >= 15 is 0 Å². The monoisotopic (exact) mass is 853 g/mol. The number of benzene rings is 11. The second kappa shape index (κ2) is 15.8. The zero-order valence-electron chi connectivity index (χ0n) is 36.7. The van der Waals surface area contributed by atoms with Crippen LogP contribution in [0.1, 0.15) is 22.3 Å². The van der Waals surface area contributed by atoms with Crippen LogP contribution < -0.4 is 4.90 Å². The fraction of sp³-hybridized carbons (Fsp3) is 0.0154. The first-order valence-electron chi connectivity index (χ1n) is 23.1. The van der Waals surface area contributed by atoms with Crippen LogP contribution in [0.2, 0.25) is 0 Å². The van der Waals surface area contributed by atoms with Gasteiger partial charge in [-0.1, -0.05) is 212 Å². The van der Waals surface area contributed by atoms with E-state index in [-0.39, 0.29) is 0 Å². The zero-order chi connectivity index (χ0) is 44.3. The molecule has 1 aliphatic carbocycles. The molecular weight excluding hydrogens is 811 g/mol. The van der Waals surface area contributed by atoms with E-state index in [2.05, 4.69) is 254 Å². The third-order valence-corrected chi connectivity index (χ3v) is 14.0. The zero-order valence-corrected chi connectivity index (χ0v) is 36.7. The summed E-state index contributed by atoms with van der Waals surface area (Å²) >= 11 is 0. The Morgan fingerprint density at radius 2 is 0.821 bits per heavy atom. The van der Waals surface area contributed by atoms with Gasteiger partial charge in [0, 0.05) is 27.8 Å². The Morgan fingerprint density at radius 3 is 1.54 bits per heavy atom. The van der Waals surface area contributed by atoms with Crippen LogP contribution in [0.15, 0.2) is 265 Å². The summed E-state index contributed by atoms with van der Waals surface area (Å²) in [5.41, 5.74) is 19.1.